The Morgan fingerprint density at radius 1 is 0.879 bits per heavy atom. The number of hydrogen-bond donors (Lipinski definition) is 2. The molecule has 0 saturated heterocycles. The van der Waals surface area contributed by atoms with Gasteiger partial charge in [-0.15, -0.1) is 0 Å². The van der Waals surface area contributed by atoms with Crippen LogP contribution in [0.5, 0.6) is 0 Å². The van der Waals surface area contributed by atoms with E-state index >= 15 is 0 Å². The maximum atomic E-state index is 13.0. The standard InChI is InChI=1S/C27H21FN4O/c28-23-11-5-18(6-12-23)13-14-29-27(33)20-9-7-19(8-10-20)25-17-31-26(32-25)24-15-21-3-1-2-4-22(21)16-30-24/h1-12,15-17H,13-14H2,(H,29,33)(H,31,32). The van der Waals surface area contributed by atoms with Crippen molar-refractivity contribution in [1.82, 2.24) is 20.3 Å². The minimum absolute atomic E-state index is 0.144. The number of carbonyl (C=O) groups is 1. The van der Waals surface area contributed by atoms with Crippen LogP contribution < -0.4 is 5.32 Å². The van der Waals surface area contributed by atoms with E-state index in [4.69, 9.17) is 0 Å². The summed E-state index contributed by atoms with van der Waals surface area (Å²) < 4.78 is 13.0. The van der Waals surface area contributed by atoms with Gasteiger partial charge in [0.15, 0.2) is 5.82 Å². The summed E-state index contributed by atoms with van der Waals surface area (Å²) in [7, 11) is 0. The molecule has 0 spiro atoms. The van der Waals surface area contributed by atoms with Crippen LogP contribution in [0.4, 0.5) is 4.39 Å². The molecular weight excluding hydrogens is 415 g/mol. The van der Waals surface area contributed by atoms with Crippen molar-refractivity contribution in [2.24, 2.45) is 0 Å². The zero-order chi connectivity index (χ0) is 22.6. The molecule has 0 aliphatic heterocycles. The molecule has 1 amide bonds. The number of halogens is 1. The van der Waals surface area contributed by atoms with Gasteiger partial charge < -0.3 is 10.3 Å². The Kier molecular flexibility index (Phi) is 5.64. The van der Waals surface area contributed by atoms with Crippen molar-refractivity contribution in [3.8, 4) is 22.8 Å². The first-order chi connectivity index (χ1) is 16.2. The molecule has 2 aromatic heterocycles. The van der Waals surface area contributed by atoms with Gasteiger partial charge in [-0.2, -0.15) is 0 Å². The molecule has 33 heavy (non-hydrogen) atoms. The van der Waals surface area contributed by atoms with E-state index < -0.39 is 0 Å². The summed E-state index contributed by atoms with van der Waals surface area (Å²) in [6.07, 6.45) is 4.25. The van der Waals surface area contributed by atoms with E-state index in [1.54, 1.807) is 30.5 Å². The predicted molar refractivity (Wildman–Crippen MR) is 127 cm³/mol. The number of aromatic nitrogens is 3. The highest BCUT2D eigenvalue weighted by Gasteiger charge is 2.10. The molecule has 0 aliphatic carbocycles. The third-order valence-electron chi connectivity index (χ3n) is 5.52. The van der Waals surface area contributed by atoms with Crippen LogP contribution in [0, 0.1) is 5.82 Å². The normalized spacial score (nSPS) is 10.9. The summed E-state index contributed by atoms with van der Waals surface area (Å²) in [5, 5.41) is 5.09. The fraction of sp³-hybridized carbons (Fsp3) is 0.0741. The van der Waals surface area contributed by atoms with Crippen molar-refractivity contribution in [2.45, 2.75) is 6.42 Å². The van der Waals surface area contributed by atoms with Gasteiger partial charge in [-0.3, -0.25) is 9.78 Å². The lowest BCUT2D eigenvalue weighted by Crippen LogP contribution is -2.25. The average Bonchev–Trinajstić information content (AvgIpc) is 3.35. The van der Waals surface area contributed by atoms with Crippen LogP contribution >= 0.6 is 0 Å². The Labute approximate surface area is 190 Å². The molecule has 0 atom stereocenters. The minimum Gasteiger partial charge on any atom is -0.352 e. The van der Waals surface area contributed by atoms with Gasteiger partial charge in [0.25, 0.3) is 5.91 Å². The highest BCUT2D eigenvalue weighted by atomic mass is 19.1. The SMILES string of the molecule is O=C(NCCc1ccc(F)cc1)c1ccc(-c2cnc(-c3cc4ccccc4cn3)[nH]2)cc1. The van der Waals surface area contributed by atoms with Crippen molar-refractivity contribution in [2.75, 3.05) is 6.54 Å². The van der Waals surface area contributed by atoms with Crippen LogP contribution in [-0.2, 0) is 6.42 Å². The number of H-pyrrole nitrogens is 1. The second-order valence-corrected chi connectivity index (χ2v) is 7.77. The lowest BCUT2D eigenvalue weighted by molar-refractivity contribution is 0.0954. The van der Waals surface area contributed by atoms with Crippen LogP contribution in [0.3, 0.4) is 0 Å². The number of imidazole rings is 1. The van der Waals surface area contributed by atoms with Crippen LogP contribution in [0.15, 0.2) is 91.3 Å². The van der Waals surface area contributed by atoms with E-state index in [0.717, 1.165) is 33.3 Å². The monoisotopic (exact) mass is 436 g/mol. The Bertz CT molecular complexity index is 1410. The molecule has 2 N–H and O–H groups in total. The first kappa shape index (κ1) is 20.6. The molecule has 0 bridgehead atoms. The third kappa shape index (κ3) is 4.65. The van der Waals surface area contributed by atoms with Gasteiger partial charge in [-0.1, -0.05) is 48.5 Å². The van der Waals surface area contributed by atoms with Crippen molar-refractivity contribution in [3.05, 3.63) is 108 Å². The molecule has 0 saturated carbocycles. The van der Waals surface area contributed by atoms with Crippen LogP contribution in [0.1, 0.15) is 15.9 Å². The maximum Gasteiger partial charge on any atom is 0.251 e. The van der Waals surface area contributed by atoms with E-state index in [-0.39, 0.29) is 11.7 Å². The number of nitrogens with zero attached hydrogens (tertiary/aromatic N) is 2. The molecule has 0 aliphatic rings. The average molecular weight is 436 g/mol. The predicted octanol–water partition coefficient (Wildman–Crippen LogP) is 5.40. The van der Waals surface area contributed by atoms with Gasteiger partial charge in [-0.05, 0) is 53.3 Å². The van der Waals surface area contributed by atoms with Crippen LogP contribution in [-0.4, -0.2) is 27.4 Å². The molecule has 2 heterocycles. The molecule has 3 aromatic carbocycles. The number of carbonyl (C=O) groups excluding carboxylic acids is 1. The Balaban J connectivity index is 1.24. The Hall–Kier alpha value is -4.32. The topological polar surface area (TPSA) is 70.7 Å². The highest BCUT2D eigenvalue weighted by molar-refractivity contribution is 5.94. The van der Waals surface area contributed by atoms with E-state index in [1.807, 2.05) is 48.7 Å². The first-order valence-corrected chi connectivity index (χ1v) is 10.7. The number of fused-ring (bicyclic) bond motifs is 1. The van der Waals surface area contributed by atoms with Crippen LogP contribution in [0.2, 0.25) is 0 Å². The van der Waals surface area contributed by atoms with Crippen molar-refractivity contribution >= 4 is 16.7 Å². The second kappa shape index (κ2) is 9.04. The Morgan fingerprint density at radius 3 is 2.42 bits per heavy atom. The summed E-state index contributed by atoms with van der Waals surface area (Å²) in [5.41, 5.74) is 4.11. The number of nitrogens with one attached hydrogen (secondary N) is 2. The zero-order valence-corrected chi connectivity index (χ0v) is 17.8. The first-order valence-electron chi connectivity index (χ1n) is 10.7. The summed E-state index contributed by atoms with van der Waals surface area (Å²) in [4.78, 5) is 24.7. The molecule has 5 aromatic rings. The summed E-state index contributed by atoms with van der Waals surface area (Å²) in [5.74, 6) is 0.286. The van der Waals surface area contributed by atoms with Crippen molar-refractivity contribution < 1.29 is 9.18 Å². The Morgan fingerprint density at radius 2 is 1.64 bits per heavy atom. The number of rotatable bonds is 6. The summed E-state index contributed by atoms with van der Waals surface area (Å²) in [6, 6.07) is 23.7. The number of aromatic amines is 1. The molecule has 162 valence electrons. The van der Waals surface area contributed by atoms with E-state index in [1.165, 1.54) is 12.1 Å². The lowest BCUT2D eigenvalue weighted by Gasteiger charge is -2.06. The zero-order valence-electron chi connectivity index (χ0n) is 17.8. The quantitative estimate of drug-likeness (QED) is 0.374. The van der Waals surface area contributed by atoms with Gasteiger partial charge in [-0.25, -0.2) is 9.37 Å². The number of benzene rings is 3. The molecule has 6 heteroatoms. The van der Waals surface area contributed by atoms with Crippen molar-refractivity contribution in [3.63, 3.8) is 0 Å². The van der Waals surface area contributed by atoms with Crippen LogP contribution in [0.25, 0.3) is 33.5 Å². The molecule has 5 rings (SSSR count). The van der Waals surface area contributed by atoms with E-state index in [2.05, 4.69) is 20.3 Å². The number of amides is 1. The second-order valence-electron chi connectivity index (χ2n) is 7.77. The van der Waals surface area contributed by atoms with Gasteiger partial charge >= 0.3 is 0 Å². The van der Waals surface area contributed by atoms with Gasteiger partial charge in [0, 0.05) is 23.7 Å². The summed E-state index contributed by atoms with van der Waals surface area (Å²) in [6.45, 7) is 0.481. The molecule has 0 radical (unpaired) electrons. The van der Waals surface area contributed by atoms with Crippen molar-refractivity contribution in [1.29, 1.82) is 0 Å². The highest BCUT2D eigenvalue weighted by Crippen LogP contribution is 2.24. The fourth-order valence-electron chi connectivity index (χ4n) is 3.69. The largest absolute Gasteiger partial charge is 0.352 e. The molecule has 0 fully saturated rings. The van der Waals surface area contributed by atoms with Gasteiger partial charge in [0.1, 0.15) is 11.5 Å². The molecular formula is C27H21FN4O. The smallest absolute Gasteiger partial charge is 0.251 e. The minimum atomic E-state index is -0.263. The molecule has 5 nitrogen and oxygen atoms in total. The third-order valence-corrected chi connectivity index (χ3v) is 5.52. The number of hydrogen-bond acceptors (Lipinski definition) is 3. The maximum absolute atomic E-state index is 13.0. The van der Waals surface area contributed by atoms with E-state index in [0.29, 0.717) is 24.4 Å². The van der Waals surface area contributed by atoms with Gasteiger partial charge in [0.05, 0.1) is 11.9 Å². The summed E-state index contributed by atoms with van der Waals surface area (Å²) >= 11 is 0. The lowest BCUT2D eigenvalue weighted by atomic mass is 10.1. The number of pyridine rings is 1. The fourth-order valence-corrected chi connectivity index (χ4v) is 3.69. The van der Waals surface area contributed by atoms with E-state index in [9.17, 15) is 9.18 Å². The van der Waals surface area contributed by atoms with Gasteiger partial charge in [0.2, 0.25) is 0 Å². The molecule has 0 unspecified atom stereocenters.